The van der Waals surface area contributed by atoms with E-state index in [2.05, 4.69) is 0 Å². The Kier molecular flexibility index (Phi) is 4.19. The normalized spacial score (nSPS) is 22.0. The Morgan fingerprint density at radius 2 is 2.17 bits per heavy atom. The van der Waals surface area contributed by atoms with E-state index in [1.54, 1.807) is 24.3 Å². The zero-order chi connectivity index (χ0) is 13.1. The van der Waals surface area contributed by atoms with Crippen LogP contribution in [0.15, 0.2) is 24.3 Å². The highest BCUT2D eigenvalue weighted by Gasteiger charge is 2.27. The molecule has 1 amide bonds. The molecule has 1 saturated heterocycles. The monoisotopic (exact) mass is 270 g/mol. The van der Waals surface area contributed by atoms with Crippen LogP contribution >= 0.6 is 11.6 Å². The van der Waals surface area contributed by atoms with Crippen LogP contribution in [0.3, 0.4) is 0 Å². The smallest absolute Gasteiger partial charge is 0.226 e. The minimum atomic E-state index is -0.788. The number of nitrogens with zero attached hydrogens (tertiary/aromatic N) is 1. The van der Waals surface area contributed by atoms with Gasteiger partial charge in [-0.3, -0.25) is 9.69 Å². The maximum atomic E-state index is 13.1. The number of benzene rings is 1. The Balaban J connectivity index is 2.08. The Labute approximate surface area is 111 Å². The van der Waals surface area contributed by atoms with Gasteiger partial charge in [-0.05, 0) is 24.1 Å². The van der Waals surface area contributed by atoms with Crippen molar-refractivity contribution < 1.29 is 9.18 Å². The molecular formula is C13H16ClFN2O. The van der Waals surface area contributed by atoms with Crippen LogP contribution < -0.4 is 5.73 Å². The second kappa shape index (κ2) is 5.67. The molecule has 2 atom stereocenters. The van der Waals surface area contributed by atoms with Gasteiger partial charge in [0.25, 0.3) is 0 Å². The van der Waals surface area contributed by atoms with Crippen LogP contribution in [0, 0.1) is 0 Å². The molecule has 1 aliphatic heterocycles. The summed E-state index contributed by atoms with van der Waals surface area (Å²) in [5.74, 6) is -0.799. The van der Waals surface area contributed by atoms with Crippen LogP contribution in [-0.4, -0.2) is 36.6 Å². The standard InChI is InChI=1S/C13H16ClFN2O/c14-10-3-1-9(2-4-10)12(13(16)18)8-17-6-5-11(15)7-17/h1-4,11-12H,5-8H2,(H2,16,18)/t11-,12?/m1/s1. The maximum Gasteiger partial charge on any atom is 0.226 e. The van der Waals surface area contributed by atoms with Crippen LogP contribution in [0.1, 0.15) is 17.9 Å². The third-order valence-corrected chi connectivity index (χ3v) is 3.52. The van der Waals surface area contributed by atoms with Crippen LogP contribution in [0.2, 0.25) is 5.02 Å². The number of hydrogen-bond acceptors (Lipinski definition) is 2. The Bertz CT molecular complexity index is 424. The van der Waals surface area contributed by atoms with Gasteiger partial charge in [-0.15, -0.1) is 0 Å². The molecule has 2 N–H and O–H groups in total. The van der Waals surface area contributed by atoms with Crippen molar-refractivity contribution in [3.05, 3.63) is 34.9 Å². The number of rotatable bonds is 4. The fraction of sp³-hybridized carbons (Fsp3) is 0.462. The molecule has 1 heterocycles. The van der Waals surface area contributed by atoms with Crippen LogP contribution in [-0.2, 0) is 4.79 Å². The number of halogens is 2. The van der Waals surface area contributed by atoms with Crippen molar-refractivity contribution in [2.45, 2.75) is 18.5 Å². The number of amides is 1. The zero-order valence-electron chi connectivity index (χ0n) is 9.98. The summed E-state index contributed by atoms with van der Waals surface area (Å²) in [6.07, 6.45) is -0.254. The molecule has 1 fully saturated rings. The number of nitrogens with two attached hydrogens (primary N) is 1. The number of alkyl halides is 1. The summed E-state index contributed by atoms with van der Waals surface area (Å²) >= 11 is 5.81. The van der Waals surface area contributed by atoms with E-state index in [1.807, 2.05) is 4.90 Å². The molecule has 5 heteroatoms. The lowest BCUT2D eigenvalue weighted by atomic mass is 9.98. The van der Waals surface area contributed by atoms with Gasteiger partial charge in [-0.25, -0.2) is 4.39 Å². The van der Waals surface area contributed by atoms with E-state index in [1.165, 1.54) is 0 Å². The number of carbonyl (C=O) groups excluding carboxylic acids is 1. The summed E-state index contributed by atoms with van der Waals surface area (Å²) in [4.78, 5) is 13.5. The summed E-state index contributed by atoms with van der Waals surface area (Å²) in [7, 11) is 0. The zero-order valence-corrected chi connectivity index (χ0v) is 10.7. The highest BCUT2D eigenvalue weighted by Crippen LogP contribution is 2.22. The molecule has 3 nitrogen and oxygen atoms in total. The van der Waals surface area contributed by atoms with Gasteiger partial charge in [-0.1, -0.05) is 23.7 Å². The summed E-state index contributed by atoms with van der Waals surface area (Å²) in [5, 5.41) is 0.618. The Morgan fingerprint density at radius 1 is 1.50 bits per heavy atom. The average molecular weight is 271 g/mol. The minimum absolute atomic E-state index is 0.386. The van der Waals surface area contributed by atoms with Crippen molar-refractivity contribution in [1.82, 2.24) is 4.90 Å². The fourth-order valence-electron chi connectivity index (χ4n) is 2.26. The molecule has 1 aromatic rings. The van der Waals surface area contributed by atoms with Crippen molar-refractivity contribution in [1.29, 1.82) is 0 Å². The van der Waals surface area contributed by atoms with Crippen molar-refractivity contribution in [3.63, 3.8) is 0 Å². The van der Waals surface area contributed by atoms with Gasteiger partial charge in [0, 0.05) is 24.7 Å². The topological polar surface area (TPSA) is 46.3 Å². The van der Waals surface area contributed by atoms with Crippen LogP contribution in [0.25, 0.3) is 0 Å². The first-order chi connectivity index (χ1) is 8.56. The van der Waals surface area contributed by atoms with Crippen LogP contribution in [0.5, 0.6) is 0 Å². The second-order valence-electron chi connectivity index (χ2n) is 4.65. The van der Waals surface area contributed by atoms with Gasteiger partial charge in [0.1, 0.15) is 6.17 Å². The number of hydrogen-bond donors (Lipinski definition) is 1. The Hall–Kier alpha value is -1.13. The van der Waals surface area contributed by atoms with Crippen molar-refractivity contribution in [2.75, 3.05) is 19.6 Å². The maximum absolute atomic E-state index is 13.1. The van der Waals surface area contributed by atoms with Crippen molar-refractivity contribution in [3.8, 4) is 0 Å². The molecule has 2 rings (SSSR count). The predicted octanol–water partition coefficient (Wildman–Crippen LogP) is 1.95. The molecule has 0 radical (unpaired) electrons. The quantitative estimate of drug-likeness (QED) is 0.909. The lowest BCUT2D eigenvalue weighted by Crippen LogP contribution is -2.33. The molecule has 0 saturated carbocycles. The molecule has 0 spiro atoms. The molecule has 0 aliphatic carbocycles. The SMILES string of the molecule is NC(=O)C(CN1CC[C@@H](F)C1)c1ccc(Cl)cc1. The van der Waals surface area contributed by atoms with E-state index in [4.69, 9.17) is 17.3 Å². The molecule has 18 heavy (non-hydrogen) atoms. The van der Waals surface area contributed by atoms with E-state index in [0.29, 0.717) is 31.1 Å². The summed E-state index contributed by atoms with van der Waals surface area (Å²) in [5.41, 5.74) is 6.26. The van der Waals surface area contributed by atoms with E-state index in [9.17, 15) is 9.18 Å². The highest BCUT2D eigenvalue weighted by molar-refractivity contribution is 6.30. The number of likely N-dealkylation sites (tertiary alicyclic amines) is 1. The lowest BCUT2D eigenvalue weighted by molar-refractivity contribution is -0.119. The molecule has 1 aliphatic rings. The molecule has 0 bridgehead atoms. The van der Waals surface area contributed by atoms with Gasteiger partial charge in [0.15, 0.2) is 0 Å². The summed E-state index contributed by atoms with van der Waals surface area (Å²) in [6, 6.07) is 7.05. The molecule has 1 aromatic carbocycles. The van der Waals surface area contributed by atoms with Gasteiger partial charge < -0.3 is 5.73 Å². The number of carbonyl (C=O) groups is 1. The van der Waals surface area contributed by atoms with Crippen molar-refractivity contribution >= 4 is 17.5 Å². The second-order valence-corrected chi connectivity index (χ2v) is 5.09. The number of primary amides is 1. The third kappa shape index (κ3) is 3.21. The molecule has 98 valence electrons. The van der Waals surface area contributed by atoms with Crippen molar-refractivity contribution in [2.24, 2.45) is 5.73 Å². The van der Waals surface area contributed by atoms with Gasteiger partial charge in [-0.2, -0.15) is 0 Å². The average Bonchev–Trinajstić information content (AvgIpc) is 2.73. The van der Waals surface area contributed by atoms with Gasteiger partial charge in [0.05, 0.1) is 5.92 Å². The summed E-state index contributed by atoms with van der Waals surface area (Å²) < 4.78 is 13.1. The molecular weight excluding hydrogens is 255 g/mol. The predicted molar refractivity (Wildman–Crippen MR) is 69.3 cm³/mol. The van der Waals surface area contributed by atoms with Gasteiger partial charge >= 0.3 is 0 Å². The largest absolute Gasteiger partial charge is 0.369 e. The van der Waals surface area contributed by atoms with Gasteiger partial charge in [0.2, 0.25) is 5.91 Å². The van der Waals surface area contributed by atoms with Crippen LogP contribution in [0.4, 0.5) is 4.39 Å². The first-order valence-corrected chi connectivity index (χ1v) is 6.35. The van der Waals surface area contributed by atoms with E-state index >= 15 is 0 Å². The Morgan fingerprint density at radius 3 is 2.67 bits per heavy atom. The van der Waals surface area contributed by atoms with E-state index in [-0.39, 0.29) is 5.91 Å². The molecule has 0 aromatic heterocycles. The fourth-order valence-corrected chi connectivity index (χ4v) is 2.39. The highest BCUT2D eigenvalue weighted by atomic mass is 35.5. The first-order valence-electron chi connectivity index (χ1n) is 5.97. The molecule has 1 unspecified atom stereocenters. The van der Waals surface area contributed by atoms with E-state index in [0.717, 1.165) is 5.56 Å². The first kappa shape index (κ1) is 13.3. The van der Waals surface area contributed by atoms with E-state index < -0.39 is 12.1 Å². The minimum Gasteiger partial charge on any atom is -0.369 e. The summed E-state index contributed by atoms with van der Waals surface area (Å²) in [6.45, 7) is 1.54. The lowest BCUT2D eigenvalue weighted by Gasteiger charge is -2.21. The third-order valence-electron chi connectivity index (χ3n) is 3.27.